The van der Waals surface area contributed by atoms with E-state index in [1.807, 2.05) is 0 Å². The molecule has 0 aromatic heterocycles. The summed E-state index contributed by atoms with van der Waals surface area (Å²) in [5.74, 6) is 0. The van der Waals surface area contributed by atoms with Crippen molar-refractivity contribution >= 4 is 0 Å². The molecule has 0 atom stereocenters. The predicted molar refractivity (Wildman–Crippen MR) is 90.3 cm³/mol. The van der Waals surface area contributed by atoms with Crippen LogP contribution in [0.5, 0.6) is 0 Å². The van der Waals surface area contributed by atoms with E-state index >= 15 is 0 Å². The van der Waals surface area contributed by atoms with E-state index in [1.165, 1.54) is 0 Å². The molecule has 6 N–H and O–H groups in total. The topological polar surface area (TPSA) is 121 Å². The van der Waals surface area contributed by atoms with Crippen molar-refractivity contribution in [2.45, 2.75) is 80.6 Å². The Bertz CT molecular complexity index is 70.9. The van der Waals surface area contributed by atoms with Gasteiger partial charge in [-0.2, -0.15) is 0 Å². The maximum absolute atomic E-state index is 8.06. The van der Waals surface area contributed by atoms with Gasteiger partial charge in [0.2, 0.25) is 0 Å². The Morgan fingerprint density at radius 1 is 0.476 bits per heavy atom. The lowest BCUT2D eigenvalue weighted by Crippen LogP contribution is -1.85. The van der Waals surface area contributed by atoms with Gasteiger partial charge in [0, 0.05) is 38.1 Å². The maximum atomic E-state index is 8.06. The van der Waals surface area contributed by atoms with Crippen molar-refractivity contribution in [2.24, 2.45) is 0 Å². The SMILES string of the molecule is CC(C)O.CC(C)O.CC(C)O.CCO.CCO.CCO. The first-order valence-electron chi connectivity index (χ1n) is 7.31. The fraction of sp³-hybridized carbons (Fsp3) is 1.00. The number of rotatable bonds is 0. The minimum absolute atomic E-state index is 0.167. The van der Waals surface area contributed by atoms with Crippen LogP contribution in [0, 0.1) is 0 Å². The van der Waals surface area contributed by atoms with Gasteiger partial charge in [-0.3, -0.25) is 0 Å². The highest BCUT2D eigenvalue weighted by Crippen LogP contribution is 1.65. The Kier molecular flexibility index (Phi) is 89.1. The van der Waals surface area contributed by atoms with Gasteiger partial charge in [-0.1, -0.05) is 0 Å². The van der Waals surface area contributed by atoms with Crippen molar-refractivity contribution in [3.63, 3.8) is 0 Å². The van der Waals surface area contributed by atoms with Crippen LogP contribution in [0.1, 0.15) is 62.3 Å². The average Bonchev–Trinajstić information content (AvgIpc) is 2.16. The lowest BCUT2D eigenvalue weighted by atomic mass is 10.5. The zero-order valence-corrected chi connectivity index (χ0v) is 15.5. The van der Waals surface area contributed by atoms with Crippen molar-refractivity contribution in [3.8, 4) is 0 Å². The molecule has 138 valence electrons. The Morgan fingerprint density at radius 3 is 0.476 bits per heavy atom. The molecule has 0 rings (SSSR count). The third-order valence-corrected chi connectivity index (χ3v) is 0. The third-order valence-electron chi connectivity index (χ3n) is 0. The molecule has 0 saturated carbocycles. The fourth-order valence-electron chi connectivity index (χ4n) is 0. The van der Waals surface area contributed by atoms with Crippen LogP contribution in [-0.4, -0.2) is 68.8 Å². The summed E-state index contributed by atoms with van der Waals surface area (Å²) in [5.41, 5.74) is 0. The van der Waals surface area contributed by atoms with E-state index in [4.69, 9.17) is 30.6 Å². The quantitative estimate of drug-likeness (QED) is 0.398. The number of aliphatic hydroxyl groups is 6. The Hall–Kier alpha value is -0.240. The van der Waals surface area contributed by atoms with Gasteiger partial charge in [0.15, 0.2) is 0 Å². The largest absolute Gasteiger partial charge is 0.397 e. The van der Waals surface area contributed by atoms with Crippen LogP contribution in [0.25, 0.3) is 0 Å². The second-order valence-corrected chi connectivity index (χ2v) is 4.23. The van der Waals surface area contributed by atoms with E-state index in [9.17, 15) is 0 Å². The summed E-state index contributed by atoms with van der Waals surface area (Å²) < 4.78 is 0. The summed E-state index contributed by atoms with van der Waals surface area (Å²) in [4.78, 5) is 0. The van der Waals surface area contributed by atoms with Gasteiger partial charge < -0.3 is 30.6 Å². The van der Waals surface area contributed by atoms with Crippen molar-refractivity contribution in [1.29, 1.82) is 0 Å². The molecular weight excluding hydrogens is 276 g/mol. The first-order valence-corrected chi connectivity index (χ1v) is 7.31. The summed E-state index contributed by atoms with van der Waals surface area (Å²) in [7, 11) is 0. The molecule has 0 unspecified atom stereocenters. The molecule has 0 bridgehead atoms. The van der Waals surface area contributed by atoms with Crippen molar-refractivity contribution in [3.05, 3.63) is 0 Å². The summed E-state index contributed by atoms with van der Waals surface area (Å²) in [6.45, 7) is 16.1. The predicted octanol–water partition coefficient (Wildman–Crippen LogP) is 1.16. The summed E-state index contributed by atoms with van der Waals surface area (Å²) in [6.07, 6.45) is -0.500. The molecule has 0 aliphatic carbocycles. The van der Waals surface area contributed by atoms with Crippen LogP contribution in [0.15, 0.2) is 0 Å². The molecular formula is C15H42O6. The van der Waals surface area contributed by atoms with Crippen LogP contribution in [0.4, 0.5) is 0 Å². The Balaban J connectivity index is -0.0000000324. The van der Waals surface area contributed by atoms with Crippen LogP contribution in [0.3, 0.4) is 0 Å². The first-order chi connectivity index (χ1) is 9.44. The monoisotopic (exact) mass is 318 g/mol. The van der Waals surface area contributed by atoms with Gasteiger partial charge in [0.1, 0.15) is 0 Å². The first kappa shape index (κ1) is 37.2. The lowest BCUT2D eigenvalue weighted by Gasteiger charge is -1.80. The van der Waals surface area contributed by atoms with Gasteiger partial charge in [0.05, 0.1) is 0 Å². The highest BCUT2D eigenvalue weighted by Gasteiger charge is 1.70. The fourth-order valence-corrected chi connectivity index (χ4v) is 0. The van der Waals surface area contributed by atoms with E-state index in [2.05, 4.69) is 0 Å². The standard InChI is InChI=1S/3C3H8O.3C2H6O/c3*1-3(2)4;3*1-2-3/h3*3-4H,1-2H3;3*3H,2H2,1H3. The van der Waals surface area contributed by atoms with E-state index in [0.29, 0.717) is 0 Å². The molecule has 21 heavy (non-hydrogen) atoms. The summed E-state index contributed by atoms with van der Waals surface area (Å²) >= 11 is 0. The number of hydrogen-bond acceptors (Lipinski definition) is 6. The lowest BCUT2D eigenvalue weighted by molar-refractivity contribution is 0.215. The number of aliphatic hydroxyl groups excluding tert-OH is 6. The molecule has 0 aromatic carbocycles. The normalized spacial score (nSPS) is 7.71. The average molecular weight is 318 g/mol. The van der Waals surface area contributed by atoms with Crippen LogP contribution >= 0.6 is 0 Å². The molecule has 0 fully saturated rings. The number of hydrogen-bond donors (Lipinski definition) is 6. The molecule has 0 radical (unpaired) electrons. The van der Waals surface area contributed by atoms with Crippen LogP contribution in [0.2, 0.25) is 0 Å². The molecule has 0 heterocycles. The van der Waals surface area contributed by atoms with E-state index < -0.39 is 0 Å². The summed E-state index contributed by atoms with van der Waals surface area (Å²) in [5, 5.41) is 46.9. The van der Waals surface area contributed by atoms with Gasteiger partial charge in [0.25, 0.3) is 0 Å². The van der Waals surface area contributed by atoms with E-state index in [1.54, 1.807) is 62.3 Å². The molecule has 0 spiro atoms. The van der Waals surface area contributed by atoms with Gasteiger partial charge in [-0.15, -0.1) is 0 Å². The van der Waals surface area contributed by atoms with Crippen molar-refractivity contribution in [1.82, 2.24) is 0 Å². The van der Waals surface area contributed by atoms with Gasteiger partial charge >= 0.3 is 0 Å². The van der Waals surface area contributed by atoms with E-state index in [-0.39, 0.29) is 38.1 Å². The van der Waals surface area contributed by atoms with Crippen molar-refractivity contribution in [2.75, 3.05) is 19.8 Å². The highest BCUT2D eigenvalue weighted by molar-refractivity contribution is 4.21. The minimum atomic E-state index is -0.167. The van der Waals surface area contributed by atoms with Crippen LogP contribution in [-0.2, 0) is 0 Å². The minimum Gasteiger partial charge on any atom is -0.397 e. The van der Waals surface area contributed by atoms with Gasteiger partial charge in [-0.05, 0) is 62.3 Å². The van der Waals surface area contributed by atoms with E-state index in [0.717, 1.165) is 0 Å². The maximum Gasteiger partial charge on any atom is 0.0483 e. The molecule has 0 aromatic rings. The Labute approximate surface area is 132 Å². The second-order valence-electron chi connectivity index (χ2n) is 4.23. The van der Waals surface area contributed by atoms with Gasteiger partial charge in [-0.25, -0.2) is 0 Å². The second kappa shape index (κ2) is 50.3. The zero-order chi connectivity index (χ0) is 18.9. The van der Waals surface area contributed by atoms with Crippen molar-refractivity contribution < 1.29 is 30.6 Å². The molecule has 0 aliphatic heterocycles. The highest BCUT2D eigenvalue weighted by atomic mass is 16.3. The molecule has 0 aliphatic rings. The molecule has 6 heteroatoms. The molecule has 0 saturated heterocycles. The zero-order valence-electron chi connectivity index (χ0n) is 15.5. The molecule has 0 amide bonds. The third kappa shape index (κ3) is 108000. The smallest absolute Gasteiger partial charge is 0.0483 e. The Morgan fingerprint density at radius 2 is 0.476 bits per heavy atom. The van der Waals surface area contributed by atoms with Crippen LogP contribution < -0.4 is 0 Å². The summed E-state index contributed by atoms with van der Waals surface area (Å²) in [6, 6.07) is 0. The molecule has 6 nitrogen and oxygen atoms in total.